The minimum absolute atomic E-state index is 0.153. The lowest BCUT2D eigenvalue weighted by atomic mass is 10.1. The Morgan fingerprint density at radius 3 is 2.70 bits per heavy atom. The lowest BCUT2D eigenvalue weighted by Crippen LogP contribution is -2.50. The minimum Gasteiger partial charge on any atom is -0.326 e. The van der Waals surface area contributed by atoms with Crippen LogP contribution < -0.4 is 10.6 Å². The second kappa shape index (κ2) is 8.87. The standard InChI is InChI=1S/C22H20N4O3S/c27-19(9-11-26-12-10-20(28)25-22(26)29)23-17-8-4-7-16(13-17)18-14-30-21(24-18)15-5-2-1-3-6-15/h1-8,13-14H,9-12H2,(H,23,27)(H,25,28,29). The van der Waals surface area contributed by atoms with Crippen LogP contribution in [0, 0.1) is 0 Å². The molecule has 2 heterocycles. The van der Waals surface area contributed by atoms with Gasteiger partial charge in [-0.15, -0.1) is 11.3 Å². The number of imide groups is 1. The van der Waals surface area contributed by atoms with Gasteiger partial charge in [-0.1, -0.05) is 42.5 Å². The first-order valence-corrected chi connectivity index (χ1v) is 10.5. The third-order valence-corrected chi connectivity index (χ3v) is 5.61. The van der Waals surface area contributed by atoms with Gasteiger partial charge in [0.15, 0.2) is 0 Å². The van der Waals surface area contributed by atoms with Crippen LogP contribution in [0.5, 0.6) is 0 Å². The summed E-state index contributed by atoms with van der Waals surface area (Å²) in [5.41, 5.74) is 3.51. The number of nitrogens with zero attached hydrogens (tertiary/aromatic N) is 2. The topological polar surface area (TPSA) is 91.4 Å². The fraction of sp³-hybridized carbons (Fsp3) is 0.182. The van der Waals surface area contributed by atoms with Crippen molar-refractivity contribution >= 4 is 34.9 Å². The first kappa shape index (κ1) is 19.8. The summed E-state index contributed by atoms with van der Waals surface area (Å²) in [7, 11) is 0. The SMILES string of the molecule is O=C1CCN(CCC(=O)Nc2cccc(-c3csc(-c4ccccc4)n3)c2)C(=O)N1. The number of anilines is 1. The average molecular weight is 420 g/mol. The molecule has 4 rings (SSSR count). The van der Waals surface area contributed by atoms with Gasteiger partial charge in [-0.3, -0.25) is 14.9 Å². The summed E-state index contributed by atoms with van der Waals surface area (Å²) in [6, 6.07) is 17.1. The van der Waals surface area contributed by atoms with Gasteiger partial charge in [0, 0.05) is 48.1 Å². The fourth-order valence-corrected chi connectivity index (χ4v) is 3.98. The number of amides is 4. The van der Waals surface area contributed by atoms with Crippen LogP contribution in [0.1, 0.15) is 12.8 Å². The van der Waals surface area contributed by atoms with E-state index in [2.05, 4.69) is 10.6 Å². The van der Waals surface area contributed by atoms with E-state index < -0.39 is 6.03 Å². The molecule has 1 fully saturated rings. The lowest BCUT2D eigenvalue weighted by molar-refractivity contribution is -0.121. The molecule has 0 aliphatic carbocycles. The molecule has 1 saturated heterocycles. The van der Waals surface area contributed by atoms with Crippen molar-refractivity contribution in [3.63, 3.8) is 0 Å². The largest absolute Gasteiger partial charge is 0.326 e. The molecule has 1 aliphatic heterocycles. The van der Waals surface area contributed by atoms with E-state index in [9.17, 15) is 14.4 Å². The highest BCUT2D eigenvalue weighted by molar-refractivity contribution is 7.13. The van der Waals surface area contributed by atoms with Crippen molar-refractivity contribution in [3.05, 3.63) is 60.0 Å². The van der Waals surface area contributed by atoms with E-state index in [1.54, 1.807) is 11.3 Å². The monoisotopic (exact) mass is 420 g/mol. The molecule has 0 unspecified atom stereocenters. The van der Waals surface area contributed by atoms with Gasteiger partial charge < -0.3 is 10.2 Å². The molecule has 30 heavy (non-hydrogen) atoms. The molecule has 0 radical (unpaired) electrons. The van der Waals surface area contributed by atoms with Crippen molar-refractivity contribution in [2.75, 3.05) is 18.4 Å². The van der Waals surface area contributed by atoms with Crippen LogP contribution in [0.2, 0.25) is 0 Å². The highest BCUT2D eigenvalue weighted by Crippen LogP contribution is 2.29. The summed E-state index contributed by atoms with van der Waals surface area (Å²) in [4.78, 5) is 41.4. The molecule has 2 N–H and O–H groups in total. The van der Waals surface area contributed by atoms with E-state index in [0.717, 1.165) is 21.8 Å². The van der Waals surface area contributed by atoms with Crippen molar-refractivity contribution in [1.82, 2.24) is 15.2 Å². The molecule has 0 saturated carbocycles. The number of benzene rings is 2. The van der Waals surface area contributed by atoms with Gasteiger partial charge in [-0.05, 0) is 12.1 Å². The molecule has 0 spiro atoms. The molecule has 152 valence electrons. The second-order valence-corrected chi connectivity index (χ2v) is 7.73. The lowest BCUT2D eigenvalue weighted by Gasteiger charge is -2.26. The number of carbonyl (C=O) groups excluding carboxylic acids is 3. The van der Waals surface area contributed by atoms with Gasteiger partial charge in [-0.2, -0.15) is 0 Å². The molecule has 2 aromatic carbocycles. The van der Waals surface area contributed by atoms with E-state index in [0.29, 0.717) is 12.2 Å². The van der Waals surface area contributed by atoms with Crippen molar-refractivity contribution in [3.8, 4) is 21.8 Å². The Morgan fingerprint density at radius 1 is 1.10 bits per heavy atom. The Bertz CT molecular complexity index is 1080. The van der Waals surface area contributed by atoms with Crippen molar-refractivity contribution in [2.45, 2.75) is 12.8 Å². The molecule has 8 heteroatoms. The average Bonchev–Trinajstić information content (AvgIpc) is 3.24. The van der Waals surface area contributed by atoms with E-state index in [1.165, 1.54) is 4.90 Å². The number of hydrogen-bond donors (Lipinski definition) is 2. The van der Waals surface area contributed by atoms with Gasteiger partial charge in [0.1, 0.15) is 5.01 Å². The normalized spacial score (nSPS) is 13.8. The number of rotatable bonds is 6. The summed E-state index contributed by atoms with van der Waals surface area (Å²) in [6.07, 6.45) is 0.411. The van der Waals surface area contributed by atoms with E-state index in [4.69, 9.17) is 4.98 Å². The van der Waals surface area contributed by atoms with Gasteiger partial charge in [0.2, 0.25) is 11.8 Å². The fourth-order valence-electron chi connectivity index (χ4n) is 3.15. The van der Waals surface area contributed by atoms with Crippen LogP contribution in [-0.4, -0.2) is 40.8 Å². The summed E-state index contributed by atoms with van der Waals surface area (Å²) >= 11 is 1.58. The van der Waals surface area contributed by atoms with Crippen molar-refractivity contribution in [2.24, 2.45) is 0 Å². The molecule has 0 bridgehead atoms. The summed E-state index contributed by atoms with van der Waals surface area (Å²) in [5.74, 6) is -0.477. The van der Waals surface area contributed by atoms with Crippen LogP contribution in [-0.2, 0) is 9.59 Å². The second-order valence-electron chi connectivity index (χ2n) is 6.87. The maximum absolute atomic E-state index is 12.3. The molecule has 1 aliphatic rings. The zero-order valence-electron chi connectivity index (χ0n) is 16.1. The Hall–Kier alpha value is -3.52. The molecular weight excluding hydrogens is 400 g/mol. The van der Waals surface area contributed by atoms with Crippen LogP contribution >= 0.6 is 11.3 Å². The van der Waals surface area contributed by atoms with Crippen LogP contribution in [0.3, 0.4) is 0 Å². The van der Waals surface area contributed by atoms with Crippen LogP contribution in [0.15, 0.2) is 60.0 Å². The quantitative estimate of drug-likeness (QED) is 0.635. The summed E-state index contributed by atoms with van der Waals surface area (Å²) in [6.45, 7) is 0.595. The molecule has 3 aromatic rings. The van der Waals surface area contributed by atoms with E-state index in [-0.39, 0.29) is 31.2 Å². The van der Waals surface area contributed by atoms with Crippen molar-refractivity contribution < 1.29 is 14.4 Å². The molecule has 7 nitrogen and oxygen atoms in total. The van der Waals surface area contributed by atoms with Gasteiger partial charge >= 0.3 is 6.03 Å². The highest BCUT2D eigenvalue weighted by Gasteiger charge is 2.23. The summed E-state index contributed by atoms with van der Waals surface area (Å²) < 4.78 is 0. The Labute approximate surface area is 177 Å². The predicted octanol–water partition coefficient (Wildman–Crippen LogP) is 3.75. The Kier molecular flexibility index (Phi) is 5.85. The van der Waals surface area contributed by atoms with Crippen molar-refractivity contribution in [1.29, 1.82) is 0 Å². The maximum atomic E-state index is 12.3. The van der Waals surface area contributed by atoms with E-state index >= 15 is 0 Å². The van der Waals surface area contributed by atoms with Crippen LogP contribution in [0.4, 0.5) is 10.5 Å². The first-order chi connectivity index (χ1) is 14.6. The first-order valence-electron chi connectivity index (χ1n) is 9.58. The summed E-state index contributed by atoms with van der Waals surface area (Å²) in [5, 5.41) is 8.06. The molecule has 4 amide bonds. The van der Waals surface area contributed by atoms with Crippen LogP contribution in [0.25, 0.3) is 21.8 Å². The zero-order valence-corrected chi connectivity index (χ0v) is 16.9. The third kappa shape index (κ3) is 4.72. The van der Waals surface area contributed by atoms with Gasteiger partial charge in [-0.25, -0.2) is 9.78 Å². The number of carbonyl (C=O) groups is 3. The highest BCUT2D eigenvalue weighted by atomic mass is 32.1. The van der Waals surface area contributed by atoms with E-state index in [1.807, 2.05) is 60.0 Å². The number of thiazole rings is 1. The maximum Gasteiger partial charge on any atom is 0.324 e. The Balaban J connectivity index is 1.38. The molecular formula is C22H20N4O3S. The molecule has 0 atom stereocenters. The minimum atomic E-state index is -0.446. The number of urea groups is 1. The number of nitrogens with one attached hydrogen (secondary N) is 2. The third-order valence-electron chi connectivity index (χ3n) is 4.72. The number of aromatic nitrogens is 1. The van der Waals surface area contributed by atoms with Gasteiger partial charge in [0.25, 0.3) is 0 Å². The molecule has 1 aromatic heterocycles. The van der Waals surface area contributed by atoms with Gasteiger partial charge in [0.05, 0.1) is 5.69 Å². The number of hydrogen-bond acceptors (Lipinski definition) is 5. The predicted molar refractivity (Wildman–Crippen MR) is 116 cm³/mol. The smallest absolute Gasteiger partial charge is 0.324 e. The zero-order chi connectivity index (χ0) is 20.9. The Morgan fingerprint density at radius 2 is 1.90 bits per heavy atom.